The normalized spacial score (nSPS) is 10.1. The molecule has 0 saturated heterocycles. The molecule has 0 heterocycles. The Morgan fingerprint density at radius 2 is 1.82 bits per heavy atom. The number of esters is 1. The lowest BCUT2D eigenvalue weighted by Gasteiger charge is -2.08. The van der Waals surface area contributed by atoms with Crippen LogP contribution in [-0.4, -0.2) is 18.5 Å². The molecule has 0 aliphatic rings. The molecule has 1 N–H and O–H groups in total. The van der Waals surface area contributed by atoms with Crippen LogP contribution >= 0.6 is 31.9 Å². The number of halogens is 3. The van der Waals surface area contributed by atoms with E-state index in [9.17, 15) is 14.0 Å². The lowest BCUT2D eigenvalue weighted by atomic mass is 10.2. The van der Waals surface area contributed by atoms with Crippen molar-refractivity contribution < 1.29 is 18.7 Å². The van der Waals surface area contributed by atoms with Crippen LogP contribution in [0.15, 0.2) is 51.4 Å². The fraction of sp³-hybridized carbons (Fsp3) is 0.0667. The second kappa shape index (κ2) is 7.51. The molecule has 0 unspecified atom stereocenters. The monoisotopic (exact) mass is 429 g/mol. The molecule has 0 aliphatic carbocycles. The molecule has 0 radical (unpaired) electrons. The first-order chi connectivity index (χ1) is 10.5. The van der Waals surface area contributed by atoms with Gasteiger partial charge in [-0.3, -0.25) is 4.79 Å². The number of hydrogen-bond donors (Lipinski definition) is 1. The number of anilines is 1. The van der Waals surface area contributed by atoms with Gasteiger partial charge in [-0.2, -0.15) is 0 Å². The number of rotatable bonds is 4. The minimum absolute atomic E-state index is 0.0219. The average molecular weight is 431 g/mol. The predicted octanol–water partition coefficient (Wildman–Crippen LogP) is 4.15. The Kier molecular flexibility index (Phi) is 5.68. The quantitative estimate of drug-likeness (QED) is 0.741. The van der Waals surface area contributed by atoms with E-state index >= 15 is 0 Å². The molecule has 7 heteroatoms. The van der Waals surface area contributed by atoms with Crippen molar-refractivity contribution in [2.45, 2.75) is 0 Å². The minimum Gasteiger partial charge on any atom is -0.452 e. The van der Waals surface area contributed by atoms with Gasteiger partial charge in [0.05, 0.1) is 11.3 Å². The lowest BCUT2D eigenvalue weighted by Crippen LogP contribution is -2.21. The second-order valence-electron chi connectivity index (χ2n) is 4.23. The molecule has 4 nitrogen and oxygen atoms in total. The summed E-state index contributed by atoms with van der Waals surface area (Å²) in [4.78, 5) is 23.6. The van der Waals surface area contributed by atoms with Gasteiger partial charge in [-0.15, -0.1) is 0 Å². The van der Waals surface area contributed by atoms with Gasteiger partial charge < -0.3 is 10.1 Å². The van der Waals surface area contributed by atoms with Gasteiger partial charge in [-0.05, 0) is 62.2 Å². The Morgan fingerprint density at radius 3 is 2.55 bits per heavy atom. The standard InChI is InChI=1S/C15H10Br2FNO3/c16-11-6-5-9(18)7-10(11)15(21)22-8-14(20)19-13-4-2-1-3-12(13)17/h1-7H,8H2,(H,19,20). The molecule has 0 aromatic heterocycles. The molecule has 0 aliphatic heterocycles. The zero-order valence-corrected chi connectivity index (χ0v) is 14.3. The van der Waals surface area contributed by atoms with E-state index in [4.69, 9.17) is 4.74 Å². The Morgan fingerprint density at radius 1 is 1.09 bits per heavy atom. The molecule has 2 aromatic rings. The fourth-order valence-corrected chi connectivity index (χ4v) is 2.40. The van der Waals surface area contributed by atoms with Gasteiger partial charge in [0, 0.05) is 8.95 Å². The molecular formula is C15H10Br2FNO3. The maximum absolute atomic E-state index is 13.1. The average Bonchev–Trinajstić information content (AvgIpc) is 2.49. The van der Waals surface area contributed by atoms with Crippen molar-refractivity contribution in [1.29, 1.82) is 0 Å². The number of benzene rings is 2. The number of para-hydroxylation sites is 1. The predicted molar refractivity (Wildman–Crippen MR) is 87.2 cm³/mol. The van der Waals surface area contributed by atoms with E-state index in [0.29, 0.717) is 14.6 Å². The highest BCUT2D eigenvalue weighted by Crippen LogP contribution is 2.21. The first kappa shape index (κ1) is 16.6. The van der Waals surface area contributed by atoms with Crippen molar-refractivity contribution in [3.05, 3.63) is 62.8 Å². The SMILES string of the molecule is O=C(COC(=O)c1cc(F)ccc1Br)Nc1ccccc1Br. The Balaban J connectivity index is 1.95. The van der Waals surface area contributed by atoms with Gasteiger partial charge >= 0.3 is 5.97 Å². The Labute approximate surface area is 142 Å². The lowest BCUT2D eigenvalue weighted by molar-refractivity contribution is -0.119. The maximum atomic E-state index is 13.1. The highest BCUT2D eigenvalue weighted by Gasteiger charge is 2.15. The van der Waals surface area contributed by atoms with Crippen molar-refractivity contribution in [3.63, 3.8) is 0 Å². The van der Waals surface area contributed by atoms with Crippen LogP contribution in [0.3, 0.4) is 0 Å². The van der Waals surface area contributed by atoms with Crippen LogP contribution in [0.1, 0.15) is 10.4 Å². The molecular weight excluding hydrogens is 421 g/mol. The van der Waals surface area contributed by atoms with Crippen LogP contribution in [0.5, 0.6) is 0 Å². The molecule has 0 fully saturated rings. The van der Waals surface area contributed by atoms with Crippen LogP contribution in [0.2, 0.25) is 0 Å². The van der Waals surface area contributed by atoms with Gasteiger partial charge in [0.2, 0.25) is 0 Å². The second-order valence-corrected chi connectivity index (χ2v) is 5.94. The molecule has 0 bridgehead atoms. The topological polar surface area (TPSA) is 55.4 Å². The van der Waals surface area contributed by atoms with Gasteiger partial charge in [0.25, 0.3) is 5.91 Å². The summed E-state index contributed by atoms with van der Waals surface area (Å²) in [5.74, 6) is -1.84. The van der Waals surface area contributed by atoms with E-state index in [1.54, 1.807) is 24.3 Å². The molecule has 0 atom stereocenters. The van der Waals surface area contributed by atoms with Gasteiger partial charge in [0.15, 0.2) is 6.61 Å². The van der Waals surface area contributed by atoms with E-state index < -0.39 is 24.3 Å². The first-order valence-electron chi connectivity index (χ1n) is 6.14. The molecule has 0 saturated carbocycles. The summed E-state index contributed by atoms with van der Waals surface area (Å²) in [6.07, 6.45) is 0. The molecule has 2 aromatic carbocycles. The zero-order chi connectivity index (χ0) is 16.1. The summed E-state index contributed by atoms with van der Waals surface area (Å²) in [5, 5.41) is 2.59. The van der Waals surface area contributed by atoms with Crippen molar-refractivity contribution >= 4 is 49.4 Å². The molecule has 0 spiro atoms. The highest BCUT2D eigenvalue weighted by molar-refractivity contribution is 9.11. The molecule has 22 heavy (non-hydrogen) atoms. The minimum atomic E-state index is -0.784. The number of nitrogens with one attached hydrogen (secondary N) is 1. The zero-order valence-electron chi connectivity index (χ0n) is 11.1. The third-order valence-electron chi connectivity index (χ3n) is 2.63. The van der Waals surface area contributed by atoms with Crippen LogP contribution in [0, 0.1) is 5.82 Å². The van der Waals surface area contributed by atoms with Crippen molar-refractivity contribution in [2.24, 2.45) is 0 Å². The summed E-state index contributed by atoms with van der Waals surface area (Å²) in [5.41, 5.74) is 0.587. The fourth-order valence-electron chi connectivity index (χ4n) is 1.61. The number of carbonyl (C=O) groups is 2. The van der Waals surface area contributed by atoms with Crippen LogP contribution in [-0.2, 0) is 9.53 Å². The summed E-state index contributed by atoms with van der Waals surface area (Å²) in [6.45, 7) is -0.469. The van der Waals surface area contributed by atoms with E-state index in [-0.39, 0.29) is 5.56 Å². The van der Waals surface area contributed by atoms with Gasteiger partial charge in [-0.25, -0.2) is 9.18 Å². The van der Waals surface area contributed by atoms with E-state index in [2.05, 4.69) is 37.2 Å². The van der Waals surface area contributed by atoms with Crippen LogP contribution < -0.4 is 5.32 Å². The third-order valence-corrected chi connectivity index (χ3v) is 4.01. The number of carbonyl (C=O) groups excluding carboxylic acids is 2. The van der Waals surface area contributed by atoms with Crippen LogP contribution in [0.4, 0.5) is 10.1 Å². The van der Waals surface area contributed by atoms with E-state index in [1.807, 2.05) is 0 Å². The summed E-state index contributed by atoms with van der Waals surface area (Å²) < 4.78 is 19.1. The van der Waals surface area contributed by atoms with Gasteiger partial charge in [-0.1, -0.05) is 12.1 Å². The van der Waals surface area contributed by atoms with Crippen molar-refractivity contribution in [3.8, 4) is 0 Å². The maximum Gasteiger partial charge on any atom is 0.339 e. The smallest absolute Gasteiger partial charge is 0.339 e. The summed E-state index contributed by atoms with van der Waals surface area (Å²) in [7, 11) is 0. The first-order valence-corrected chi connectivity index (χ1v) is 7.72. The Bertz CT molecular complexity index is 722. The van der Waals surface area contributed by atoms with Crippen molar-refractivity contribution in [1.82, 2.24) is 0 Å². The highest BCUT2D eigenvalue weighted by atomic mass is 79.9. The molecule has 1 amide bonds. The molecule has 114 valence electrons. The molecule has 2 rings (SSSR count). The van der Waals surface area contributed by atoms with Gasteiger partial charge in [0.1, 0.15) is 5.82 Å². The number of amides is 1. The van der Waals surface area contributed by atoms with Crippen molar-refractivity contribution in [2.75, 3.05) is 11.9 Å². The number of hydrogen-bond acceptors (Lipinski definition) is 3. The van der Waals surface area contributed by atoms with Crippen LogP contribution in [0.25, 0.3) is 0 Å². The summed E-state index contributed by atoms with van der Waals surface area (Å²) >= 11 is 6.42. The van der Waals surface area contributed by atoms with E-state index in [1.165, 1.54) is 12.1 Å². The Hall–Kier alpha value is -1.73. The number of ether oxygens (including phenoxy) is 1. The summed E-state index contributed by atoms with van der Waals surface area (Å²) in [6, 6.07) is 10.7. The largest absolute Gasteiger partial charge is 0.452 e. The third kappa shape index (κ3) is 4.38. The van der Waals surface area contributed by atoms with E-state index in [0.717, 1.165) is 6.07 Å².